The third kappa shape index (κ3) is 3.71. The number of hydrogen-bond acceptors (Lipinski definition) is 4. The maximum absolute atomic E-state index is 12.9. The molecule has 0 radical (unpaired) electrons. The lowest BCUT2D eigenvalue weighted by molar-refractivity contribution is -0.121. The average Bonchev–Trinajstić information content (AvgIpc) is 2.73. The molecule has 0 fully saturated rings. The van der Waals surface area contributed by atoms with Gasteiger partial charge in [-0.3, -0.25) is 14.7 Å². The van der Waals surface area contributed by atoms with Crippen LogP contribution in [0.4, 0.5) is 5.69 Å². The highest BCUT2D eigenvalue weighted by atomic mass is 16.5. The molecular formula is C23H25N3O2. The van der Waals surface area contributed by atoms with Crippen LogP contribution in [0.15, 0.2) is 54.7 Å². The molecule has 28 heavy (non-hydrogen) atoms. The first kappa shape index (κ1) is 18.4. The Morgan fingerprint density at radius 1 is 1.21 bits per heavy atom. The van der Waals surface area contributed by atoms with E-state index in [-0.39, 0.29) is 11.9 Å². The molecule has 1 unspecified atom stereocenters. The van der Waals surface area contributed by atoms with Crippen LogP contribution >= 0.6 is 0 Å². The van der Waals surface area contributed by atoms with Crippen molar-refractivity contribution < 1.29 is 9.53 Å². The first-order valence-corrected chi connectivity index (χ1v) is 9.79. The van der Waals surface area contributed by atoms with Gasteiger partial charge in [-0.15, -0.1) is 0 Å². The van der Waals surface area contributed by atoms with Gasteiger partial charge in [-0.25, -0.2) is 0 Å². The Hall–Kier alpha value is -2.92. The van der Waals surface area contributed by atoms with E-state index in [0.29, 0.717) is 6.61 Å². The number of hydrogen-bond donors (Lipinski definition) is 1. The molecule has 0 aliphatic carbocycles. The van der Waals surface area contributed by atoms with E-state index in [2.05, 4.69) is 27.3 Å². The molecule has 3 aromatic rings. The smallest absolute Gasteiger partial charge is 0.241 e. The fraction of sp³-hybridized carbons (Fsp3) is 0.304. The van der Waals surface area contributed by atoms with Crippen LogP contribution in [0.1, 0.15) is 25.0 Å². The summed E-state index contributed by atoms with van der Waals surface area (Å²) < 4.78 is 5.63. The second-order valence-corrected chi connectivity index (χ2v) is 7.12. The van der Waals surface area contributed by atoms with Gasteiger partial charge in [-0.2, -0.15) is 0 Å². The molecule has 1 N–H and O–H groups in total. The van der Waals surface area contributed by atoms with Crippen LogP contribution in [0.5, 0.6) is 5.75 Å². The highest BCUT2D eigenvalue weighted by Crippen LogP contribution is 2.26. The van der Waals surface area contributed by atoms with Gasteiger partial charge in [0.15, 0.2) is 0 Å². The van der Waals surface area contributed by atoms with Crippen LogP contribution in [0, 0.1) is 0 Å². The molecule has 1 aromatic heterocycles. The number of carbonyl (C=O) groups excluding carboxylic acids is 1. The fourth-order valence-electron chi connectivity index (χ4n) is 3.76. The molecule has 144 valence electrons. The lowest BCUT2D eigenvalue weighted by atomic mass is 9.98. The van der Waals surface area contributed by atoms with Crippen LogP contribution < -0.4 is 10.1 Å². The predicted molar refractivity (Wildman–Crippen MR) is 112 cm³/mol. The number of nitrogens with zero attached hydrogens (tertiary/aromatic N) is 2. The maximum Gasteiger partial charge on any atom is 0.241 e. The minimum Gasteiger partial charge on any atom is -0.494 e. The van der Waals surface area contributed by atoms with Crippen molar-refractivity contribution in [2.45, 2.75) is 32.9 Å². The van der Waals surface area contributed by atoms with Gasteiger partial charge < -0.3 is 10.1 Å². The van der Waals surface area contributed by atoms with E-state index < -0.39 is 0 Å². The normalized spacial score (nSPS) is 15.1. The third-order valence-electron chi connectivity index (χ3n) is 5.36. The monoisotopic (exact) mass is 375 g/mol. The molecule has 0 saturated carbocycles. The Balaban J connectivity index is 1.49. The molecule has 4 rings (SSSR count). The number of ether oxygens (including phenoxy) is 1. The van der Waals surface area contributed by atoms with E-state index >= 15 is 0 Å². The number of fused-ring (bicyclic) bond motifs is 2. The summed E-state index contributed by atoms with van der Waals surface area (Å²) in [5.74, 6) is 0.893. The van der Waals surface area contributed by atoms with E-state index in [0.717, 1.165) is 41.9 Å². The molecule has 0 spiro atoms. The van der Waals surface area contributed by atoms with Gasteiger partial charge >= 0.3 is 0 Å². The van der Waals surface area contributed by atoms with Gasteiger partial charge in [0.25, 0.3) is 0 Å². The minimum atomic E-state index is -0.226. The number of rotatable bonds is 5. The van der Waals surface area contributed by atoms with Crippen LogP contribution in [0.2, 0.25) is 0 Å². The van der Waals surface area contributed by atoms with Crippen molar-refractivity contribution in [2.24, 2.45) is 0 Å². The lowest BCUT2D eigenvalue weighted by Crippen LogP contribution is -2.44. The number of benzene rings is 2. The Kier molecular flexibility index (Phi) is 5.26. The van der Waals surface area contributed by atoms with Crippen molar-refractivity contribution in [1.82, 2.24) is 9.88 Å². The first-order valence-electron chi connectivity index (χ1n) is 9.79. The van der Waals surface area contributed by atoms with Gasteiger partial charge in [0.05, 0.1) is 23.9 Å². The molecule has 2 heterocycles. The van der Waals surface area contributed by atoms with Crippen molar-refractivity contribution in [3.63, 3.8) is 0 Å². The summed E-state index contributed by atoms with van der Waals surface area (Å²) in [6.07, 6.45) is 2.70. The number of aromatic nitrogens is 1. The molecule has 1 amide bonds. The summed E-state index contributed by atoms with van der Waals surface area (Å²) in [4.78, 5) is 19.5. The van der Waals surface area contributed by atoms with E-state index in [9.17, 15) is 4.79 Å². The lowest BCUT2D eigenvalue weighted by Gasteiger charge is -2.33. The molecule has 5 nitrogen and oxygen atoms in total. The summed E-state index contributed by atoms with van der Waals surface area (Å²) >= 11 is 0. The van der Waals surface area contributed by atoms with Crippen LogP contribution in [-0.4, -0.2) is 35.0 Å². The molecule has 1 aliphatic heterocycles. The maximum atomic E-state index is 12.9. The Labute approximate surface area is 165 Å². The SMILES string of the molecule is CCOc1ccc2c(c1)CN(C(C)C(=O)Nc1cccc3ncccc13)CC2. The van der Waals surface area contributed by atoms with E-state index in [1.807, 2.05) is 50.2 Å². The van der Waals surface area contributed by atoms with Crippen LogP contribution in [0.25, 0.3) is 10.9 Å². The van der Waals surface area contributed by atoms with E-state index in [1.165, 1.54) is 11.1 Å². The predicted octanol–water partition coefficient (Wildman–Crippen LogP) is 4.02. The van der Waals surface area contributed by atoms with E-state index in [1.54, 1.807) is 6.20 Å². The zero-order chi connectivity index (χ0) is 19.5. The Morgan fingerprint density at radius 3 is 2.96 bits per heavy atom. The average molecular weight is 375 g/mol. The third-order valence-corrected chi connectivity index (χ3v) is 5.36. The van der Waals surface area contributed by atoms with Gasteiger partial charge in [0.2, 0.25) is 5.91 Å². The highest BCUT2D eigenvalue weighted by Gasteiger charge is 2.26. The topological polar surface area (TPSA) is 54.5 Å². The molecule has 2 aromatic carbocycles. The summed E-state index contributed by atoms with van der Waals surface area (Å²) in [5, 5.41) is 4.05. The fourth-order valence-corrected chi connectivity index (χ4v) is 3.76. The number of amides is 1. The minimum absolute atomic E-state index is 0.000709. The molecular weight excluding hydrogens is 350 g/mol. The molecule has 5 heteroatoms. The zero-order valence-corrected chi connectivity index (χ0v) is 16.3. The van der Waals surface area contributed by atoms with Gasteiger partial charge in [0.1, 0.15) is 5.75 Å². The van der Waals surface area contributed by atoms with Gasteiger partial charge in [0, 0.05) is 24.7 Å². The van der Waals surface area contributed by atoms with Crippen molar-refractivity contribution in [3.05, 3.63) is 65.9 Å². The van der Waals surface area contributed by atoms with Crippen molar-refractivity contribution in [2.75, 3.05) is 18.5 Å². The summed E-state index contributed by atoms with van der Waals surface area (Å²) in [7, 11) is 0. The molecule has 1 atom stereocenters. The molecule has 1 aliphatic rings. The van der Waals surface area contributed by atoms with Crippen molar-refractivity contribution in [1.29, 1.82) is 0 Å². The zero-order valence-electron chi connectivity index (χ0n) is 16.3. The number of nitrogens with one attached hydrogen (secondary N) is 1. The van der Waals surface area contributed by atoms with Crippen LogP contribution in [0.3, 0.4) is 0 Å². The second-order valence-electron chi connectivity index (χ2n) is 7.12. The largest absolute Gasteiger partial charge is 0.494 e. The summed E-state index contributed by atoms with van der Waals surface area (Å²) in [5.41, 5.74) is 4.26. The standard InChI is InChI=1S/C23H25N3O2/c1-3-28-19-10-9-17-11-13-26(15-18(17)14-19)16(2)23(27)25-22-8-4-7-21-20(22)6-5-12-24-21/h4-10,12,14,16H,3,11,13,15H2,1-2H3,(H,25,27). The van der Waals surface area contributed by atoms with E-state index in [4.69, 9.17) is 4.74 Å². The number of carbonyl (C=O) groups is 1. The van der Waals surface area contributed by atoms with Gasteiger partial charge in [-0.1, -0.05) is 12.1 Å². The summed E-state index contributed by atoms with van der Waals surface area (Å²) in [6.45, 7) is 6.23. The Morgan fingerprint density at radius 2 is 2.11 bits per heavy atom. The first-order chi connectivity index (χ1) is 13.7. The molecule has 0 bridgehead atoms. The number of pyridine rings is 1. The van der Waals surface area contributed by atoms with Crippen molar-refractivity contribution >= 4 is 22.5 Å². The number of anilines is 1. The summed E-state index contributed by atoms with van der Waals surface area (Å²) in [6, 6.07) is 15.7. The van der Waals surface area contributed by atoms with Crippen molar-refractivity contribution in [3.8, 4) is 5.75 Å². The quantitative estimate of drug-likeness (QED) is 0.732. The van der Waals surface area contributed by atoms with Crippen LogP contribution in [-0.2, 0) is 17.8 Å². The highest BCUT2D eigenvalue weighted by molar-refractivity contribution is 6.02. The molecule has 0 saturated heterocycles. The van der Waals surface area contributed by atoms with Gasteiger partial charge in [-0.05, 0) is 67.8 Å². The Bertz CT molecular complexity index is 997. The second kappa shape index (κ2) is 7.98.